The molecule has 0 spiro atoms. The first-order valence-corrected chi connectivity index (χ1v) is 6.21. The minimum atomic E-state index is -0.558. The van der Waals surface area contributed by atoms with Crippen LogP contribution in [-0.4, -0.2) is 22.7 Å². The van der Waals surface area contributed by atoms with Crippen LogP contribution in [0.5, 0.6) is 0 Å². The Balaban J connectivity index is 2.27. The zero-order valence-electron chi connectivity index (χ0n) is 9.60. The van der Waals surface area contributed by atoms with Crippen LogP contribution >= 0.6 is 11.3 Å². The average molecular weight is 252 g/mol. The zero-order chi connectivity index (χ0) is 12.3. The molecule has 90 valence electrons. The first-order chi connectivity index (χ1) is 8.26. The van der Waals surface area contributed by atoms with Crippen molar-refractivity contribution in [2.75, 3.05) is 6.61 Å². The van der Waals surface area contributed by atoms with Gasteiger partial charge in [-0.3, -0.25) is 0 Å². The molecule has 0 amide bonds. The number of carbonyl (C=O) groups is 1. The summed E-state index contributed by atoms with van der Waals surface area (Å²) >= 11 is 1.52. The van der Waals surface area contributed by atoms with Crippen LogP contribution in [0.25, 0.3) is 10.8 Å². The highest BCUT2D eigenvalue weighted by Crippen LogP contribution is 2.28. The molecule has 5 nitrogen and oxygen atoms in total. The summed E-state index contributed by atoms with van der Waals surface area (Å²) in [7, 11) is 0. The van der Waals surface area contributed by atoms with Gasteiger partial charge in [0.25, 0.3) is 11.7 Å². The van der Waals surface area contributed by atoms with Crippen molar-refractivity contribution < 1.29 is 14.1 Å². The summed E-state index contributed by atoms with van der Waals surface area (Å²) < 4.78 is 9.86. The number of thiophene rings is 1. The van der Waals surface area contributed by atoms with Gasteiger partial charge in [0.2, 0.25) is 0 Å². The second kappa shape index (κ2) is 5.09. The largest absolute Gasteiger partial charge is 0.460 e. The minimum absolute atomic E-state index is 0.0303. The number of aryl methyl sites for hydroxylation is 1. The van der Waals surface area contributed by atoms with Crippen LogP contribution in [0.3, 0.4) is 0 Å². The van der Waals surface area contributed by atoms with Gasteiger partial charge in [-0.15, -0.1) is 11.3 Å². The molecule has 0 fully saturated rings. The van der Waals surface area contributed by atoms with Crippen LogP contribution in [0, 0.1) is 0 Å². The third-order valence-corrected chi connectivity index (χ3v) is 3.15. The molecule has 2 aromatic rings. The summed E-state index contributed by atoms with van der Waals surface area (Å²) in [6, 6.07) is 2.01. The van der Waals surface area contributed by atoms with Gasteiger partial charge in [0.05, 0.1) is 11.5 Å². The lowest BCUT2D eigenvalue weighted by Crippen LogP contribution is -2.06. The van der Waals surface area contributed by atoms with Crippen LogP contribution < -0.4 is 0 Å². The molecule has 2 aromatic heterocycles. The second-order valence-corrected chi connectivity index (χ2v) is 4.19. The maximum Gasteiger partial charge on any atom is 0.379 e. The van der Waals surface area contributed by atoms with Gasteiger partial charge in [0.1, 0.15) is 0 Å². The van der Waals surface area contributed by atoms with E-state index in [9.17, 15) is 4.79 Å². The molecular weight excluding hydrogens is 240 g/mol. The Labute approximate surface area is 102 Å². The number of hydrogen-bond acceptors (Lipinski definition) is 6. The van der Waals surface area contributed by atoms with Crippen molar-refractivity contribution in [3.8, 4) is 10.8 Å². The normalized spacial score (nSPS) is 10.5. The van der Waals surface area contributed by atoms with Crippen LogP contribution in [0.1, 0.15) is 30.0 Å². The van der Waals surface area contributed by atoms with E-state index >= 15 is 0 Å². The third-order valence-electron chi connectivity index (χ3n) is 2.21. The molecule has 0 radical (unpaired) electrons. The summed E-state index contributed by atoms with van der Waals surface area (Å²) in [6.45, 7) is 4.07. The fourth-order valence-electron chi connectivity index (χ4n) is 1.40. The van der Waals surface area contributed by atoms with Crippen LogP contribution in [0.2, 0.25) is 0 Å². The Morgan fingerprint density at radius 3 is 3.06 bits per heavy atom. The minimum Gasteiger partial charge on any atom is -0.460 e. The molecule has 0 unspecified atom stereocenters. The Morgan fingerprint density at radius 1 is 1.53 bits per heavy atom. The number of esters is 1. The summed E-state index contributed by atoms with van der Waals surface area (Å²) in [5.41, 5.74) is 1.13. The summed E-state index contributed by atoms with van der Waals surface area (Å²) in [5, 5.41) is 5.57. The fourth-order valence-corrected chi connectivity index (χ4v) is 2.31. The van der Waals surface area contributed by atoms with E-state index in [4.69, 9.17) is 9.26 Å². The molecule has 0 saturated carbocycles. The summed E-state index contributed by atoms with van der Waals surface area (Å²) in [4.78, 5) is 16.3. The number of aromatic nitrogens is 2. The summed E-state index contributed by atoms with van der Waals surface area (Å²) in [5.74, 6) is -0.214. The van der Waals surface area contributed by atoms with Crippen molar-refractivity contribution in [3.63, 3.8) is 0 Å². The van der Waals surface area contributed by atoms with Gasteiger partial charge in [-0.2, -0.15) is 4.98 Å². The van der Waals surface area contributed by atoms with Crippen molar-refractivity contribution in [2.45, 2.75) is 20.3 Å². The molecule has 0 aliphatic carbocycles. The molecule has 0 bridgehead atoms. The number of nitrogens with zero attached hydrogens (tertiary/aromatic N) is 2. The Hall–Kier alpha value is -1.69. The maximum atomic E-state index is 11.4. The van der Waals surface area contributed by atoms with Gasteiger partial charge in [-0.05, 0) is 35.5 Å². The number of carbonyl (C=O) groups excluding carboxylic acids is 1. The Morgan fingerprint density at radius 2 is 2.35 bits per heavy atom. The van der Waals surface area contributed by atoms with E-state index in [0.29, 0.717) is 12.5 Å². The van der Waals surface area contributed by atoms with E-state index in [2.05, 4.69) is 10.1 Å². The van der Waals surface area contributed by atoms with Gasteiger partial charge in [0.15, 0.2) is 0 Å². The van der Waals surface area contributed by atoms with Crippen molar-refractivity contribution in [3.05, 3.63) is 22.8 Å². The van der Waals surface area contributed by atoms with Crippen molar-refractivity contribution >= 4 is 17.3 Å². The van der Waals surface area contributed by atoms with Gasteiger partial charge >= 0.3 is 5.97 Å². The quantitative estimate of drug-likeness (QED) is 0.782. The molecule has 0 aromatic carbocycles. The maximum absolute atomic E-state index is 11.4. The first kappa shape index (κ1) is 11.8. The lowest BCUT2D eigenvalue weighted by molar-refractivity contribution is 0.0508. The van der Waals surface area contributed by atoms with Crippen LogP contribution in [-0.2, 0) is 11.2 Å². The highest BCUT2D eigenvalue weighted by atomic mass is 32.1. The SMILES string of the molecule is CCOC(=O)c1noc(-c2sccc2CC)n1. The molecule has 2 heterocycles. The fraction of sp³-hybridized carbons (Fsp3) is 0.364. The molecule has 17 heavy (non-hydrogen) atoms. The van der Waals surface area contributed by atoms with Crippen molar-refractivity contribution in [1.82, 2.24) is 10.1 Å². The average Bonchev–Trinajstić information content (AvgIpc) is 2.97. The molecule has 0 saturated heterocycles. The molecule has 0 aliphatic heterocycles. The van der Waals surface area contributed by atoms with Crippen molar-refractivity contribution in [1.29, 1.82) is 0 Å². The van der Waals surface area contributed by atoms with E-state index in [0.717, 1.165) is 16.9 Å². The van der Waals surface area contributed by atoms with E-state index < -0.39 is 5.97 Å². The zero-order valence-corrected chi connectivity index (χ0v) is 10.4. The van der Waals surface area contributed by atoms with E-state index in [1.807, 2.05) is 18.4 Å². The third kappa shape index (κ3) is 2.36. The lowest BCUT2D eigenvalue weighted by Gasteiger charge is -1.94. The molecular formula is C11H12N2O3S. The molecule has 0 N–H and O–H groups in total. The molecule has 0 atom stereocenters. The monoisotopic (exact) mass is 252 g/mol. The number of ether oxygens (including phenoxy) is 1. The van der Waals surface area contributed by atoms with Crippen LogP contribution in [0.15, 0.2) is 16.0 Å². The highest BCUT2D eigenvalue weighted by Gasteiger charge is 2.18. The Bertz CT molecular complexity index is 518. The van der Waals surface area contributed by atoms with Gasteiger partial charge in [0, 0.05) is 0 Å². The van der Waals surface area contributed by atoms with E-state index in [1.54, 1.807) is 6.92 Å². The molecule has 6 heteroatoms. The van der Waals surface area contributed by atoms with Gasteiger partial charge < -0.3 is 9.26 Å². The number of hydrogen-bond donors (Lipinski definition) is 0. The van der Waals surface area contributed by atoms with E-state index in [1.165, 1.54) is 11.3 Å². The topological polar surface area (TPSA) is 65.2 Å². The smallest absolute Gasteiger partial charge is 0.379 e. The Kier molecular flexibility index (Phi) is 3.53. The number of rotatable bonds is 4. The van der Waals surface area contributed by atoms with Crippen LogP contribution in [0.4, 0.5) is 0 Å². The summed E-state index contributed by atoms with van der Waals surface area (Å²) in [6.07, 6.45) is 0.885. The standard InChI is InChI=1S/C11H12N2O3S/c1-3-7-5-6-17-8(7)10-12-9(13-16-10)11(14)15-4-2/h5-6H,3-4H2,1-2H3. The van der Waals surface area contributed by atoms with Crippen molar-refractivity contribution in [2.24, 2.45) is 0 Å². The van der Waals surface area contributed by atoms with E-state index in [-0.39, 0.29) is 5.82 Å². The second-order valence-electron chi connectivity index (χ2n) is 3.27. The predicted molar refractivity (Wildman–Crippen MR) is 62.9 cm³/mol. The first-order valence-electron chi connectivity index (χ1n) is 5.33. The highest BCUT2D eigenvalue weighted by molar-refractivity contribution is 7.13. The van der Waals surface area contributed by atoms with Gasteiger partial charge in [-0.1, -0.05) is 6.92 Å². The molecule has 2 rings (SSSR count). The lowest BCUT2D eigenvalue weighted by atomic mass is 10.2. The van der Waals surface area contributed by atoms with Gasteiger partial charge in [-0.25, -0.2) is 4.79 Å². The predicted octanol–water partition coefficient (Wildman–Crippen LogP) is 2.54. The molecule has 0 aliphatic rings.